The number of pyridine rings is 1. The third-order valence-electron chi connectivity index (χ3n) is 2.97. The summed E-state index contributed by atoms with van der Waals surface area (Å²) in [7, 11) is 0. The van der Waals surface area contributed by atoms with Crippen molar-refractivity contribution in [2.45, 2.75) is 0 Å². The lowest BCUT2D eigenvalue weighted by atomic mass is 10.1. The van der Waals surface area contributed by atoms with E-state index in [1.807, 2.05) is 30.3 Å². The van der Waals surface area contributed by atoms with Gasteiger partial charge in [0.2, 0.25) is 0 Å². The molecular formula is C15H11N3O2. The van der Waals surface area contributed by atoms with Gasteiger partial charge in [0.1, 0.15) is 5.56 Å². The summed E-state index contributed by atoms with van der Waals surface area (Å²) in [6, 6.07) is 11.1. The maximum absolute atomic E-state index is 11.4. The molecule has 1 N–H and O–H groups in total. The summed E-state index contributed by atoms with van der Waals surface area (Å²) in [6.07, 6.45) is 3.25. The molecule has 1 aromatic carbocycles. The quantitative estimate of drug-likeness (QED) is 0.790. The fraction of sp³-hybridized carbons (Fsp3) is 0. The predicted octanol–water partition coefficient (Wildman–Crippen LogP) is 2.74. The van der Waals surface area contributed by atoms with Crippen LogP contribution in [0.25, 0.3) is 22.9 Å². The molecule has 2 heterocycles. The minimum absolute atomic E-state index is 0.118. The van der Waals surface area contributed by atoms with Gasteiger partial charge in [0.25, 0.3) is 0 Å². The van der Waals surface area contributed by atoms with Crippen molar-refractivity contribution in [3.05, 3.63) is 60.6 Å². The van der Waals surface area contributed by atoms with Crippen LogP contribution in [0.3, 0.4) is 0 Å². The highest BCUT2D eigenvalue weighted by atomic mass is 16.4. The molecule has 0 saturated carbocycles. The zero-order valence-electron chi connectivity index (χ0n) is 10.5. The van der Waals surface area contributed by atoms with Gasteiger partial charge >= 0.3 is 5.97 Å². The van der Waals surface area contributed by atoms with E-state index >= 15 is 0 Å². The summed E-state index contributed by atoms with van der Waals surface area (Å²) in [5.41, 5.74) is 2.13. The smallest absolute Gasteiger partial charge is 0.339 e. The first kappa shape index (κ1) is 12.1. The van der Waals surface area contributed by atoms with E-state index in [2.05, 4.69) is 16.7 Å². The lowest BCUT2D eigenvalue weighted by molar-refractivity contribution is 0.0698. The van der Waals surface area contributed by atoms with E-state index < -0.39 is 5.97 Å². The van der Waals surface area contributed by atoms with Crippen LogP contribution < -0.4 is 0 Å². The molecule has 0 unspecified atom stereocenters. The van der Waals surface area contributed by atoms with Crippen molar-refractivity contribution in [1.29, 1.82) is 0 Å². The van der Waals surface area contributed by atoms with Crippen LogP contribution in [0.4, 0.5) is 0 Å². The number of carboxylic acid groups (broad SMARTS) is 1. The molecule has 0 aliphatic heterocycles. The Labute approximate surface area is 114 Å². The SMILES string of the molecule is C=Cc1nc2c(C(=O)O)cc(-c3ccccc3)cn2n1. The summed E-state index contributed by atoms with van der Waals surface area (Å²) in [4.78, 5) is 15.5. The maximum Gasteiger partial charge on any atom is 0.339 e. The van der Waals surface area contributed by atoms with Gasteiger partial charge in [0, 0.05) is 11.8 Å². The number of aromatic carboxylic acids is 1. The van der Waals surface area contributed by atoms with Gasteiger partial charge < -0.3 is 5.11 Å². The molecule has 0 amide bonds. The normalized spacial score (nSPS) is 10.6. The Balaban J connectivity index is 2.30. The molecule has 5 heteroatoms. The van der Waals surface area contributed by atoms with Crippen LogP contribution in [0.2, 0.25) is 0 Å². The molecule has 3 aromatic rings. The number of carboxylic acids is 1. The Kier molecular flexibility index (Phi) is 2.80. The van der Waals surface area contributed by atoms with Gasteiger partial charge in [-0.05, 0) is 17.7 Å². The average Bonchev–Trinajstić information content (AvgIpc) is 2.89. The molecule has 0 fully saturated rings. The second-order valence-electron chi connectivity index (χ2n) is 4.26. The molecule has 20 heavy (non-hydrogen) atoms. The molecule has 0 atom stereocenters. The Morgan fingerprint density at radius 1 is 1.25 bits per heavy atom. The Morgan fingerprint density at radius 2 is 2.00 bits per heavy atom. The number of carbonyl (C=O) groups is 1. The molecule has 2 aromatic heterocycles. The molecule has 0 bridgehead atoms. The van der Waals surface area contributed by atoms with Crippen LogP contribution in [0, 0.1) is 0 Å². The molecule has 0 saturated heterocycles. The molecular weight excluding hydrogens is 254 g/mol. The van der Waals surface area contributed by atoms with Crippen molar-refractivity contribution < 1.29 is 9.90 Å². The molecule has 5 nitrogen and oxygen atoms in total. The van der Waals surface area contributed by atoms with Crippen molar-refractivity contribution in [1.82, 2.24) is 14.6 Å². The van der Waals surface area contributed by atoms with Crippen LogP contribution in [0.5, 0.6) is 0 Å². The van der Waals surface area contributed by atoms with E-state index in [0.29, 0.717) is 11.5 Å². The van der Waals surface area contributed by atoms with Gasteiger partial charge in [-0.15, -0.1) is 5.10 Å². The van der Waals surface area contributed by atoms with Crippen LogP contribution in [0.15, 0.2) is 49.2 Å². The number of nitrogens with zero attached hydrogens (tertiary/aromatic N) is 3. The number of aromatic nitrogens is 3. The zero-order chi connectivity index (χ0) is 14.1. The number of fused-ring (bicyclic) bond motifs is 1. The largest absolute Gasteiger partial charge is 0.478 e. The van der Waals surface area contributed by atoms with E-state index in [0.717, 1.165) is 11.1 Å². The van der Waals surface area contributed by atoms with E-state index in [-0.39, 0.29) is 5.56 Å². The highest BCUT2D eigenvalue weighted by Crippen LogP contribution is 2.22. The van der Waals surface area contributed by atoms with Gasteiger partial charge in [0.15, 0.2) is 11.5 Å². The average molecular weight is 265 g/mol. The van der Waals surface area contributed by atoms with Gasteiger partial charge in [-0.25, -0.2) is 14.3 Å². The van der Waals surface area contributed by atoms with E-state index in [1.54, 1.807) is 12.3 Å². The first-order valence-corrected chi connectivity index (χ1v) is 6.00. The number of hydrogen-bond donors (Lipinski definition) is 1. The van der Waals surface area contributed by atoms with Crippen molar-refractivity contribution in [2.75, 3.05) is 0 Å². The van der Waals surface area contributed by atoms with E-state index in [9.17, 15) is 9.90 Å². The second-order valence-corrected chi connectivity index (χ2v) is 4.26. The highest BCUT2D eigenvalue weighted by Gasteiger charge is 2.15. The molecule has 98 valence electrons. The zero-order valence-corrected chi connectivity index (χ0v) is 10.5. The second kappa shape index (κ2) is 4.62. The standard InChI is InChI=1S/C15H11N3O2/c1-2-13-16-14-12(15(19)20)8-11(9-18(14)17-13)10-6-4-3-5-7-10/h2-9H,1H2,(H,19,20). The summed E-state index contributed by atoms with van der Waals surface area (Å²) in [5, 5.41) is 13.5. The van der Waals surface area contributed by atoms with Crippen LogP contribution >= 0.6 is 0 Å². The van der Waals surface area contributed by atoms with Crippen molar-refractivity contribution in [3.8, 4) is 11.1 Å². The van der Waals surface area contributed by atoms with Gasteiger partial charge in [-0.3, -0.25) is 0 Å². The van der Waals surface area contributed by atoms with Crippen LogP contribution in [-0.2, 0) is 0 Å². The summed E-state index contributed by atoms with van der Waals surface area (Å²) >= 11 is 0. The van der Waals surface area contributed by atoms with Crippen molar-refractivity contribution >= 4 is 17.7 Å². The Hall–Kier alpha value is -2.95. The number of rotatable bonds is 3. The Morgan fingerprint density at radius 3 is 2.65 bits per heavy atom. The molecule has 0 aliphatic rings. The lowest BCUT2D eigenvalue weighted by Gasteiger charge is -2.04. The molecule has 3 rings (SSSR count). The van der Waals surface area contributed by atoms with Gasteiger partial charge in [-0.2, -0.15) is 0 Å². The maximum atomic E-state index is 11.4. The van der Waals surface area contributed by atoms with E-state index in [1.165, 1.54) is 10.6 Å². The molecule has 0 aliphatic carbocycles. The van der Waals surface area contributed by atoms with Crippen molar-refractivity contribution in [3.63, 3.8) is 0 Å². The number of benzene rings is 1. The highest BCUT2D eigenvalue weighted by molar-refractivity contribution is 5.95. The summed E-state index contributed by atoms with van der Waals surface area (Å²) in [5.74, 6) is -0.631. The minimum atomic E-state index is -1.03. The van der Waals surface area contributed by atoms with Crippen LogP contribution in [-0.4, -0.2) is 25.7 Å². The summed E-state index contributed by atoms with van der Waals surface area (Å²) in [6.45, 7) is 3.60. The minimum Gasteiger partial charge on any atom is -0.478 e. The van der Waals surface area contributed by atoms with E-state index in [4.69, 9.17) is 0 Å². The fourth-order valence-corrected chi connectivity index (χ4v) is 2.03. The predicted molar refractivity (Wildman–Crippen MR) is 75.5 cm³/mol. The lowest BCUT2D eigenvalue weighted by Crippen LogP contribution is -2.02. The van der Waals surface area contributed by atoms with Crippen LogP contribution in [0.1, 0.15) is 16.2 Å². The Bertz CT molecular complexity index is 807. The first-order chi connectivity index (χ1) is 9.69. The van der Waals surface area contributed by atoms with Gasteiger partial charge in [-0.1, -0.05) is 36.9 Å². The fourth-order valence-electron chi connectivity index (χ4n) is 2.03. The van der Waals surface area contributed by atoms with Crippen molar-refractivity contribution in [2.24, 2.45) is 0 Å². The third-order valence-corrected chi connectivity index (χ3v) is 2.97. The molecule has 0 spiro atoms. The topological polar surface area (TPSA) is 67.5 Å². The van der Waals surface area contributed by atoms with Gasteiger partial charge in [0.05, 0.1) is 0 Å². The molecule has 0 radical (unpaired) electrons. The monoisotopic (exact) mass is 265 g/mol. The number of hydrogen-bond acceptors (Lipinski definition) is 3. The first-order valence-electron chi connectivity index (χ1n) is 6.00. The third kappa shape index (κ3) is 1.95. The summed E-state index contributed by atoms with van der Waals surface area (Å²) < 4.78 is 1.48.